The summed E-state index contributed by atoms with van der Waals surface area (Å²) in [5, 5.41) is 3.67. The second-order valence-electron chi connectivity index (χ2n) is 5.45. The number of ether oxygens (including phenoxy) is 2. The van der Waals surface area contributed by atoms with Crippen molar-refractivity contribution in [3.8, 4) is 5.75 Å². The summed E-state index contributed by atoms with van der Waals surface area (Å²) in [5.41, 5.74) is 0. The summed E-state index contributed by atoms with van der Waals surface area (Å²) in [6.45, 7) is -0.150. The minimum atomic E-state index is -0.594. The van der Waals surface area contributed by atoms with Crippen LogP contribution >= 0.6 is 22.9 Å². The number of fused-ring (bicyclic) bond motifs is 1. The average Bonchev–Trinajstić information content (AvgIpc) is 3.02. The fourth-order valence-corrected chi connectivity index (χ4v) is 3.72. The molecule has 3 rings (SSSR count). The third-order valence-electron chi connectivity index (χ3n) is 3.56. The second kappa shape index (κ2) is 8.83. The summed E-state index contributed by atoms with van der Waals surface area (Å²) in [5.74, 6) is -0.910. The number of nitrogens with one attached hydrogen (secondary N) is 1. The Labute approximate surface area is 163 Å². The molecule has 0 saturated heterocycles. The molecule has 0 aliphatic heterocycles. The van der Waals surface area contributed by atoms with Gasteiger partial charge in [-0.25, -0.2) is 4.39 Å². The lowest BCUT2D eigenvalue weighted by molar-refractivity contribution is -0.143. The number of carbonyl (C=O) groups excluding carboxylic acids is 2. The molecule has 27 heavy (non-hydrogen) atoms. The van der Waals surface area contributed by atoms with E-state index in [1.807, 2.05) is 24.3 Å². The third-order valence-corrected chi connectivity index (χ3v) is 5.24. The molecule has 1 aromatic heterocycles. The SMILES string of the molecule is O=C(CNC(=O)c1sc2ccccc2c1Cl)OCCOc1ccc(F)cc1. The van der Waals surface area contributed by atoms with Gasteiger partial charge in [-0.3, -0.25) is 9.59 Å². The molecule has 3 aromatic rings. The van der Waals surface area contributed by atoms with Crippen molar-refractivity contribution in [2.45, 2.75) is 0 Å². The van der Waals surface area contributed by atoms with Gasteiger partial charge in [-0.1, -0.05) is 29.8 Å². The van der Waals surface area contributed by atoms with E-state index in [4.69, 9.17) is 21.1 Å². The Morgan fingerprint density at radius 1 is 1.07 bits per heavy atom. The van der Waals surface area contributed by atoms with Crippen LogP contribution in [0.3, 0.4) is 0 Å². The molecule has 8 heteroatoms. The highest BCUT2D eigenvalue weighted by molar-refractivity contribution is 7.21. The third kappa shape index (κ3) is 4.96. The Morgan fingerprint density at radius 2 is 1.81 bits per heavy atom. The fourth-order valence-electron chi connectivity index (χ4n) is 2.29. The lowest BCUT2D eigenvalue weighted by Gasteiger charge is -2.08. The van der Waals surface area contributed by atoms with Gasteiger partial charge in [0, 0.05) is 10.1 Å². The summed E-state index contributed by atoms with van der Waals surface area (Å²) < 4.78 is 24.0. The average molecular weight is 408 g/mol. The summed E-state index contributed by atoms with van der Waals surface area (Å²) in [7, 11) is 0. The molecule has 0 saturated carbocycles. The highest BCUT2D eigenvalue weighted by atomic mass is 35.5. The van der Waals surface area contributed by atoms with Gasteiger partial charge >= 0.3 is 5.97 Å². The van der Waals surface area contributed by atoms with Crippen molar-refractivity contribution in [3.63, 3.8) is 0 Å². The predicted octanol–water partition coefficient (Wildman–Crippen LogP) is 4.05. The Kier molecular flexibility index (Phi) is 6.26. The largest absolute Gasteiger partial charge is 0.490 e. The van der Waals surface area contributed by atoms with Crippen molar-refractivity contribution < 1.29 is 23.5 Å². The second-order valence-corrected chi connectivity index (χ2v) is 6.88. The van der Waals surface area contributed by atoms with Gasteiger partial charge in [-0.2, -0.15) is 0 Å². The van der Waals surface area contributed by atoms with E-state index in [0.717, 1.165) is 10.1 Å². The van der Waals surface area contributed by atoms with Gasteiger partial charge in [0.2, 0.25) is 0 Å². The van der Waals surface area contributed by atoms with Crippen molar-refractivity contribution in [2.75, 3.05) is 19.8 Å². The van der Waals surface area contributed by atoms with Crippen LogP contribution in [0.2, 0.25) is 5.02 Å². The molecule has 1 amide bonds. The molecule has 0 aliphatic carbocycles. The molecular formula is C19H15ClFNO4S. The standard InChI is InChI=1S/C19H15ClFNO4S/c20-17-14-3-1-2-4-15(14)27-18(17)19(24)22-11-16(23)26-10-9-25-13-7-5-12(21)6-8-13/h1-8H,9-11H2,(H,22,24). The summed E-state index contributed by atoms with van der Waals surface area (Å²) in [6.07, 6.45) is 0. The highest BCUT2D eigenvalue weighted by Gasteiger charge is 2.17. The van der Waals surface area contributed by atoms with E-state index < -0.39 is 11.9 Å². The maximum absolute atomic E-state index is 12.8. The van der Waals surface area contributed by atoms with Gasteiger partial charge in [0.05, 0.1) is 5.02 Å². The number of carbonyl (C=O) groups is 2. The molecule has 0 bridgehead atoms. The molecule has 1 N–H and O–H groups in total. The molecule has 5 nitrogen and oxygen atoms in total. The van der Waals surface area contributed by atoms with E-state index in [-0.39, 0.29) is 25.6 Å². The Balaban J connectivity index is 1.42. The molecule has 0 unspecified atom stereocenters. The van der Waals surface area contributed by atoms with E-state index in [1.165, 1.54) is 35.6 Å². The van der Waals surface area contributed by atoms with Gasteiger partial charge in [0.1, 0.15) is 36.2 Å². The van der Waals surface area contributed by atoms with Crippen molar-refractivity contribution in [1.29, 1.82) is 0 Å². The van der Waals surface area contributed by atoms with Crippen LogP contribution in [-0.4, -0.2) is 31.6 Å². The first-order chi connectivity index (χ1) is 13.0. The van der Waals surface area contributed by atoms with Crippen molar-refractivity contribution in [2.24, 2.45) is 0 Å². The van der Waals surface area contributed by atoms with Crippen LogP contribution in [0.5, 0.6) is 5.75 Å². The normalized spacial score (nSPS) is 10.6. The first-order valence-corrected chi connectivity index (χ1v) is 9.23. The van der Waals surface area contributed by atoms with Crippen LogP contribution in [0.25, 0.3) is 10.1 Å². The number of esters is 1. The molecule has 0 radical (unpaired) electrons. The maximum atomic E-state index is 12.8. The Morgan fingerprint density at radius 3 is 2.56 bits per heavy atom. The molecule has 140 valence electrons. The van der Waals surface area contributed by atoms with Gasteiger partial charge in [0.25, 0.3) is 5.91 Å². The number of rotatable bonds is 7. The van der Waals surface area contributed by atoms with Crippen LogP contribution in [0.4, 0.5) is 4.39 Å². The minimum Gasteiger partial charge on any atom is -0.490 e. The van der Waals surface area contributed by atoms with Crippen LogP contribution in [0.15, 0.2) is 48.5 Å². The van der Waals surface area contributed by atoms with Gasteiger partial charge in [-0.05, 0) is 30.3 Å². The van der Waals surface area contributed by atoms with E-state index in [9.17, 15) is 14.0 Å². The van der Waals surface area contributed by atoms with Crippen LogP contribution < -0.4 is 10.1 Å². The topological polar surface area (TPSA) is 64.6 Å². The maximum Gasteiger partial charge on any atom is 0.325 e. The van der Waals surface area contributed by atoms with Crippen molar-refractivity contribution >= 4 is 44.9 Å². The monoisotopic (exact) mass is 407 g/mol. The zero-order valence-electron chi connectivity index (χ0n) is 14.0. The predicted molar refractivity (Wildman–Crippen MR) is 102 cm³/mol. The first kappa shape index (κ1) is 19.1. The van der Waals surface area contributed by atoms with Crippen LogP contribution in [0.1, 0.15) is 9.67 Å². The van der Waals surface area contributed by atoms with Crippen LogP contribution in [0, 0.1) is 5.82 Å². The molecule has 0 spiro atoms. The number of benzene rings is 2. The molecule has 0 atom stereocenters. The van der Waals surface area contributed by atoms with E-state index >= 15 is 0 Å². The zero-order valence-corrected chi connectivity index (χ0v) is 15.6. The first-order valence-electron chi connectivity index (χ1n) is 8.04. The van der Waals surface area contributed by atoms with Crippen LogP contribution in [-0.2, 0) is 9.53 Å². The molecule has 0 fully saturated rings. The molecule has 0 aliphatic rings. The number of amides is 1. The number of halogens is 2. The summed E-state index contributed by atoms with van der Waals surface area (Å²) >= 11 is 7.49. The van der Waals surface area contributed by atoms with E-state index in [2.05, 4.69) is 5.32 Å². The van der Waals surface area contributed by atoms with Crippen molar-refractivity contribution in [3.05, 3.63) is 64.2 Å². The summed E-state index contributed by atoms with van der Waals surface area (Å²) in [4.78, 5) is 24.3. The van der Waals surface area contributed by atoms with Gasteiger partial charge in [0.15, 0.2) is 0 Å². The molecular weight excluding hydrogens is 393 g/mol. The number of hydrogen-bond donors (Lipinski definition) is 1. The lowest BCUT2D eigenvalue weighted by atomic mass is 10.2. The molecule has 2 aromatic carbocycles. The summed E-state index contributed by atoms with van der Waals surface area (Å²) in [6, 6.07) is 12.9. The van der Waals surface area contributed by atoms with E-state index in [0.29, 0.717) is 15.6 Å². The van der Waals surface area contributed by atoms with Crippen molar-refractivity contribution in [1.82, 2.24) is 5.32 Å². The Bertz CT molecular complexity index is 958. The fraction of sp³-hybridized carbons (Fsp3) is 0.158. The van der Waals surface area contributed by atoms with Gasteiger partial charge < -0.3 is 14.8 Å². The molecule has 1 heterocycles. The van der Waals surface area contributed by atoms with Gasteiger partial charge in [-0.15, -0.1) is 11.3 Å². The number of hydrogen-bond acceptors (Lipinski definition) is 5. The highest BCUT2D eigenvalue weighted by Crippen LogP contribution is 2.34. The Hall–Kier alpha value is -2.64. The quantitative estimate of drug-likeness (QED) is 0.474. The zero-order chi connectivity index (χ0) is 19.2. The minimum absolute atomic E-state index is 0.00965. The lowest BCUT2D eigenvalue weighted by Crippen LogP contribution is -2.30. The smallest absolute Gasteiger partial charge is 0.325 e. The van der Waals surface area contributed by atoms with E-state index in [1.54, 1.807) is 0 Å². The number of thiophene rings is 1.